The van der Waals surface area contributed by atoms with Crippen LogP contribution in [0.5, 0.6) is 0 Å². The first-order valence-electron chi connectivity index (χ1n) is 13.7. The standard InChI is InChI=1S/C28H31F5N6O3S/c1-16-5-4-8-39(16)14-20-22(17-11-18(28(31,32)33)13-19(29)12-17)36-26(43-20)37-23-21(30)24(35-15-34-23)38-9-6-27(42-3,7-10-38)25(40)41-2/h11-13,15-16H,4-10,14H2,1-3H3,(H,34,35,36,37)/t16-/m1/s1. The number of nitrogens with one attached hydrogen (secondary N) is 1. The molecule has 2 aromatic heterocycles. The third-order valence-electron chi connectivity index (χ3n) is 8.05. The summed E-state index contributed by atoms with van der Waals surface area (Å²) in [5.41, 5.74) is -2.09. The van der Waals surface area contributed by atoms with Crippen LogP contribution in [0.1, 0.15) is 43.0 Å². The van der Waals surface area contributed by atoms with Crippen LogP contribution in [0.15, 0.2) is 24.5 Å². The number of rotatable bonds is 8. The van der Waals surface area contributed by atoms with Crippen molar-refractivity contribution < 1.29 is 36.2 Å². The van der Waals surface area contributed by atoms with Crippen LogP contribution in [-0.4, -0.2) is 71.3 Å². The number of carbonyl (C=O) groups excluding carboxylic acids is 1. The number of benzene rings is 1. The van der Waals surface area contributed by atoms with E-state index >= 15 is 4.39 Å². The minimum Gasteiger partial charge on any atom is -0.467 e. The van der Waals surface area contributed by atoms with Gasteiger partial charge in [-0.2, -0.15) is 17.6 Å². The van der Waals surface area contributed by atoms with Crippen molar-refractivity contribution in [3.05, 3.63) is 46.6 Å². The number of carbonyl (C=O) groups is 1. The third-order valence-corrected chi connectivity index (χ3v) is 9.00. The Hall–Kier alpha value is -3.43. The average molecular weight is 627 g/mol. The SMILES string of the molecule is COC(=O)C1(OC)CCN(c2ncnc(Nc3nc(-c4cc(F)cc(C(F)(F)F)c4)c(CN4CCC[C@H]4C)s3)c2F)CC1. The molecule has 2 aliphatic rings. The molecule has 3 aromatic rings. The van der Waals surface area contributed by atoms with Crippen molar-refractivity contribution in [2.75, 3.05) is 44.1 Å². The second-order valence-corrected chi connectivity index (χ2v) is 11.7. The Kier molecular flexibility index (Phi) is 8.86. The van der Waals surface area contributed by atoms with E-state index in [1.807, 2.05) is 0 Å². The maximum absolute atomic E-state index is 15.7. The fraction of sp³-hybridized carbons (Fsp3) is 0.500. The van der Waals surface area contributed by atoms with E-state index in [0.717, 1.165) is 42.9 Å². The number of halogens is 5. The number of piperidine rings is 1. The van der Waals surface area contributed by atoms with E-state index in [4.69, 9.17) is 9.47 Å². The number of thiazole rings is 1. The van der Waals surface area contributed by atoms with E-state index in [1.165, 1.54) is 20.5 Å². The summed E-state index contributed by atoms with van der Waals surface area (Å²) in [5.74, 6) is -2.47. The van der Waals surface area contributed by atoms with Crippen molar-refractivity contribution in [3.63, 3.8) is 0 Å². The monoisotopic (exact) mass is 626 g/mol. The summed E-state index contributed by atoms with van der Waals surface area (Å²) >= 11 is 1.14. The van der Waals surface area contributed by atoms with Gasteiger partial charge in [-0.05, 0) is 44.5 Å². The molecule has 43 heavy (non-hydrogen) atoms. The van der Waals surface area contributed by atoms with Crippen LogP contribution in [-0.2, 0) is 27.0 Å². The number of esters is 1. The molecule has 0 aliphatic carbocycles. The first-order chi connectivity index (χ1) is 20.4. The van der Waals surface area contributed by atoms with Crippen LogP contribution < -0.4 is 10.2 Å². The van der Waals surface area contributed by atoms with Gasteiger partial charge >= 0.3 is 12.1 Å². The smallest absolute Gasteiger partial charge is 0.416 e. The molecule has 2 aliphatic heterocycles. The van der Waals surface area contributed by atoms with Gasteiger partial charge in [-0.3, -0.25) is 4.90 Å². The van der Waals surface area contributed by atoms with Gasteiger partial charge in [0, 0.05) is 56.1 Å². The number of methoxy groups -OCH3 is 2. The fourth-order valence-corrected chi connectivity index (χ4v) is 6.58. The lowest BCUT2D eigenvalue weighted by Gasteiger charge is -2.39. The fourth-order valence-electron chi connectivity index (χ4n) is 5.57. The second kappa shape index (κ2) is 12.3. The molecule has 232 valence electrons. The summed E-state index contributed by atoms with van der Waals surface area (Å²) in [6.07, 6.45) is -1.09. The molecule has 1 N–H and O–H groups in total. The van der Waals surface area contributed by atoms with Crippen LogP contribution in [0.25, 0.3) is 11.3 Å². The highest BCUT2D eigenvalue weighted by atomic mass is 32.1. The molecule has 0 bridgehead atoms. The summed E-state index contributed by atoms with van der Waals surface area (Å²) < 4.78 is 80.9. The molecule has 0 radical (unpaired) electrons. The van der Waals surface area contributed by atoms with Gasteiger partial charge in [-0.1, -0.05) is 11.3 Å². The number of likely N-dealkylation sites (tertiary alicyclic amines) is 1. The van der Waals surface area contributed by atoms with Gasteiger partial charge in [0.1, 0.15) is 12.1 Å². The van der Waals surface area contributed by atoms with E-state index < -0.39 is 34.9 Å². The Bertz CT molecular complexity index is 1480. The highest BCUT2D eigenvalue weighted by molar-refractivity contribution is 7.16. The molecule has 0 unspecified atom stereocenters. The van der Waals surface area contributed by atoms with E-state index in [-0.39, 0.29) is 60.0 Å². The van der Waals surface area contributed by atoms with E-state index in [2.05, 4.69) is 32.1 Å². The Morgan fingerprint density at radius 2 is 1.88 bits per heavy atom. The van der Waals surface area contributed by atoms with Gasteiger partial charge in [0.15, 0.2) is 22.4 Å². The highest BCUT2D eigenvalue weighted by Crippen LogP contribution is 2.39. The summed E-state index contributed by atoms with van der Waals surface area (Å²) in [6.45, 7) is 3.78. The first-order valence-corrected chi connectivity index (χ1v) is 14.5. The molecular formula is C28H31F5N6O3S. The minimum atomic E-state index is -4.74. The molecule has 1 atom stereocenters. The molecule has 2 saturated heterocycles. The lowest BCUT2D eigenvalue weighted by atomic mass is 9.91. The van der Waals surface area contributed by atoms with Crippen LogP contribution in [0.4, 0.5) is 38.7 Å². The number of ether oxygens (including phenoxy) is 2. The lowest BCUT2D eigenvalue weighted by molar-refractivity contribution is -0.168. The molecule has 2 fully saturated rings. The number of alkyl halides is 3. The molecule has 1 aromatic carbocycles. The molecule has 15 heteroatoms. The Morgan fingerprint density at radius 3 is 2.51 bits per heavy atom. The van der Waals surface area contributed by atoms with Crippen LogP contribution >= 0.6 is 11.3 Å². The van der Waals surface area contributed by atoms with Crippen molar-refractivity contribution in [2.45, 2.75) is 57.0 Å². The van der Waals surface area contributed by atoms with Crippen molar-refractivity contribution in [1.82, 2.24) is 19.9 Å². The maximum Gasteiger partial charge on any atom is 0.416 e. The summed E-state index contributed by atoms with van der Waals surface area (Å²) in [4.78, 5) is 29.3. The topological polar surface area (TPSA) is 92.7 Å². The molecule has 4 heterocycles. The molecule has 0 saturated carbocycles. The van der Waals surface area contributed by atoms with Gasteiger partial charge in [0.05, 0.1) is 18.4 Å². The average Bonchev–Trinajstić information content (AvgIpc) is 3.58. The van der Waals surface area contributed by atoms with Crippen molar-refractivity contribution in [2.24, 2.45) is 0 Å². The van der Waals surface area contributed by atoms with Crippen molar-refractivity contribution >= 4 is 34.1 Å². The summed E-state index contributed by atoms with van der Waals surface area (Å²) in [6, 6.07) is 2.58. The Labute approximate surface area is 249 Å². The highest BCUT2D eigenvalue weighted by Gasteiger charge is 2.43. The summed E-state index contributed by atoms with van der Waals surface area (Å²) in [5, 5.41) is 3.04. The van der Waals surface area contributed by atoms with Crippen molar-refractivity contribution in [3.8, 4) is 11.3 Å². The summed E-state index contributed by atoms with van der Waals surface area (Å²) in [7, 11) is 2.71. The second-order valence-electron chi connectivity index (χ2n) is 10.6. The predicted molar refractivity (Wildman–Crippen MR) is 150 cm³/mol. The normalized spacial score (nSPS) is 19.1. The first kappa shape index (κ1) is 31.0. The van der Waals surface area contributed by atoms with Crippen LogP contribution in [0.3, 0.4) is 0 Å². The maximum atomic E-state index is 15.7. The number of aromatic nitrogens is 3. The molecule has 0 spiro atoms. The van der Waals surface area contributed by atoms with Gasteiger partial charge < -0.3 is 19.7 Å². The quantitative estimate of drug-likeness (QED) is 0.247. The van der Waals surface area contributed by atoms with Gasteiger partial charge in [-0.15, -0.1) is 0 Å². The van der Waals surface area contributed by atoms with Crippen LogP contribution in [0, 0.1) is 11.6 Å². The zero-order chi connectivity index (χ0) is 30.9. The Balaban J connectivity index is 1.44. The number of nitrogens with zero attached hydrogens (tertiary/aromatic N) is 5. The van der Waals surface area contributed by atoms with Crippen LogP contribution in [0.2, 0.25) is 0 Å². The lowest BCUT2D eigenvalue weighted by Crippen LogP contribution is -2.51. The number of hydrogen-bond donors (Lipinski definition) is 1. The van der Waals surface area contributed by atoms with Gasteiger partial charge in [-0.25, -0.2) is 24.1 Å². The molecule has 9 nitrogen and oxygen atoms in total. The zero-order valence-electron chi connectivity index (χ0n) is 23.8. The van der Waals surface area contributed by atoms with E-state index in [0.29, 0.717) is 17.5 Å². The predicted octanol–water partition coefficient (Wildman–Crippen LogP) is 5.78. The number of hydrogen-bond acceptors (Lipinski definition) is 10. The molecule has 5 rings (SSSR count). The zero-order valence-corrected chi connectivity index (χ0v) is 24.6. The number of anilines is 3. The largest absolute Gasteiger partial charge is 0.467 e. The molecule has 0 amide bonds. The van der Waals surface area contributed by atoms with Gasteiger partial charge in [0.2, 0.25) is 5.82 Å². The third kappa shape index (κ3) is 6.43. The van der Waals surface area contributed by atoms with E-state index in [1.54, 1.807) is 4.90 Å². The van der Waals surface area contributed by atoms with Crippen molar-refractivity contribution in [1.29, 1.82) is 0 Å². The minimum absolute atomic E-state index is 0.00918. The van der Waals surface area contributed by atoms with E-state index in [9.17, 15) is 22.4 Å². The molecular weight excluding hydrogens is 595 g/mol. The van der Waals surface area contributed by atoms with Gasteiger partial charge in [0.25, 0.3) is 0 Å². The Morgan fingerprint density at radius 1 is 1.14 bits per heavy atom.